The number of alkyl halides is 3. The molecule has 18 heavy (non-hydrogen) atoms. The van der Waals surface area contributed by atoms with Crippen molar-refractivity contribution < 1.29 is 13.2 Å². The highest BCUT2D eigenvalue weighted by Crippen LogP contribution is 2.36. The Bertz CT molecular complexity index is 396. The molecule has 1 N–H and O–H groups in total. The Morgan fingerprint density at radius 1 is 1.22 bits per heavy atom. The molecule has 1 aliphatic rings. The maximum Gasteiger partial charge on any atom is 0.446 e. The minimum atomic E-state index is -4.21. The number of thioether (sulfide) groups is 1. The second kappa shape index (κ2) is 5.13. The first-order chi connectivity index (χ1) is 8.36. The number of benzene rings is 1. The zero-order valence-electron chi connectivity index (χ0n) is 10.2. The molecule has 0 amide bonds. The summed E-state index contributed by atoms with van der Waals surface area (Å²) in [7, 11) is 0. The minimum absolute atomic E-state index is 0.0717. The Morgan fingerprint density at radius 2 is 1.83 bits per heavy atom. The molecule has 0 bridgehead atoms. The van der Waals surface area contributed by atoms with Crippen LogP contribution in [0.4, 0.5) is 13.2 Å². The van der Waals surface area contributed by atoms with Crippen molar-refractivity contribution in [3.8, 4) is 0 Å². The molecule has 5 heteroatoms. The van der Waals surface area contributed by atoms with Crippen LogP contribution in [-0.4, -0.2) is 11.0 Å². The van der Waals surface area contributed by atoms with Gasteiger partial charge in [0.05, 0.1) is 0 Å². The van der Waals surface area contributed by atoms with Gasteiger partial charge in [-0.25, -0.2) is 0 Å². The van der Waals surface area contributed by atoms with E-state index in [1.54, 1.807) is 12.1 Å². The lowest BCUT2D eigenvalue weighted by atomic mass is 9.78. The highest BCUT2D eigenvalue weighted by molar-refractivity contribution is 8.00. The molecule has 2 rings (SSSR count). The number of rotatable bonds is 4. The van der Waals surface area contributed by atoms with Gasteiger partial charge >= 0.3 is 5.51 Å². The van der Waals surface area contributed by atoms with Gasteiger partial charge in [0.15, 0.2) is 0 Å². The Balaban J connectivity index is 1.87. The fourth-order valence-corrected chi connectivity index (χ4v) is 2.55. The van der Waals surface area contributed by atoms with Crippen molar-refractivity contribution in [1.29, 1.82) is 0 Å². The van der Waals surface area contributed by atoms with Gasteiger partial charge in [-0.3, -0.25) is 0 Å². The van der Waals surface area contributed by atoms with Crippen LogP contribution in [-0.2, 0) is 6.54 Å². The lowest BCUT2D eigenvalue weighted by Crippen LogP contribution is -2.47. The molecule has 0 heterocycles. The van der Waals surface area contributed by atoms with E-state index in [0.717, 1.165) is 5.56 Å². The summed E-state index contributed by atoms with van der Waals surface area (Å²) in [5.74, 6) is 0. The zero-order valence-corrected chi connectivity index (χ0v) is 11.0. The summed E-state index contributed by atoms with van der Waals surface area (Å²) < 4.78 is 36.5. The normalized spacial score (nSPS) is 18.4. The van der Waals surface area contributed by atoms with E-state index in [1.807, 2.05) is 0 Å². The smallest absolute Gasteiger partial charge is 0.307 e. The minimum Gasteiger partial charge on any atom is -0.307 e. The maximum atomic E-state index is 12.2. The average Bonchev–Trinajstić information content (AvgIpc) is 2.23. The van der Waals surface area contributed by atoms with Gasteiger partial charge in [-0.05, 0) is 55.6 Å². The van der Waals surface area contributed by atoms with Crippen LogP contribution >= 0.6 is 11.8 Å². The Hall–Kier alpha value is -0.680. The number of hydrogen-bond acceptors (Lipinski definition) is 2. The summed E-state index contributed by atoms with van der Waals surface area (Å²) >= 11 is -0.0717. The summed E-state index contributed by atoms with van der Waals surface area (Å²) in [6, 6.07) is 6.56. The molecule has 1 nitrogen and oxygen atoms in total. The van der Waals surface area contributed by atoms with Crippen molar-refractivity contribution in [3.63, 3.8) is 0 Å². The predicted molar refractivity (Wildman–Crippen MR) is 67.4 cm³/mol. The standard InChI is InChI=1S/C13H16F3NS/c1-12(7-2-8-12)17-9-10-3-5-11(6-4-10)18-13(14,15)16/h3-6,17H,2,7-9H2,1H3. The van der Waals surface area contributed by atoms with Crippen LogP contribution in [0.2, 0.25) is 0 Å². The molecule has 1 fully saturated rings. The van der Waals surface area contributed by atoms with Crippen LogP contribution < -0.4 is 5.32 Å². The molecule has 0 atom stereocenters. The summed E-state index contributed by atoms with van der Waals surface area (Å²) in [5.41, 5.74) is -2.96. The third-order valence-corrected chi connectivity index (χ3v) is 4.07. The summed E-state index contributed by atoms with van der Waals surface area (Å²) in [5, 5.41) is 3.45. The lowest BCUT2D eigenvalue weighted by molar-refractivity contribution is -0.0328. The third-order valence-electron chi connectivity index (χ3n) is 3.33. The number of nitrogens with one attached hydrogen (secondary N) is 1. The number of halogens is 3. The molecule has 0 aromatic heterocycles. The molecule has 0 radical (unpaired) electrons. The van der Waals surface area contributed by atoms with Crippen molar-refractivity contribution >= 4 is 11.8 Å². The van der Waals surface area contributed by atoms with E-state index < -0.39 is 5.51 Å². The van der Waals surface area contributed by atoms with E-state index in [0.29, 0.717) is 6.54 Å². The first kappa shape index (κ1) is 13.7. The van der Waals surface area contributed by atoms with Gasteiger partial charge in [0, 0.05) is 17.0 Å². The Morgan fingerprint density at radius 3 is 2.28 bits per heavy atom. The molecule has 0 aliphatic heterocycles. The molecule has 1 aromatic rings. The summed E-state index contributed by atoms with van der Waals surface area (Å²) in [4.78, 5) is 0.237. The van der Waals surface area contributed by atoms with Crippen LogP contribution in [0.15, 0.2) is 29.2 Å². The van der Waals surface area contributed by atoms with Crippen molar-refractivity contribution in [1.82, 2.24) is 5.32 Å². The highest BCUT2D eigenvalue weighted by Gasteiger charge is 2.31. The molecule has 1 aliphatic carbocycles. The molecule has 100 valence electrons. The van der Waals surface area contributed by atoms with Crippen molar-refractivity contribution in [3.05, 3.63) is 29.8 Å². The second-order valence-electron chi connectivity index (χ2n) is 4.96. The molecule has 0 spiro atoms. The molecule has 1 saturated carbocycles. The highest BCUT2D eigenvalue weighted by atomic mass is 32.2. The van der Waals surface area contributed by atoms with Crippen LogP contribution in [0, 0.1) is 0 Å². The van der Waals surface area contributed by atoms with Gasteiger partial charge in [-0.2, -0.15) is 13.2 Å². The molecule has 0 saturated heterocycles. The van der Waals surface area contributed by atoms with Gasteiger partial charge in [0.25, 0.3) is 0 Å². The summed E-state index contributed by atoms with van der Waals surface area (Å²) in [6.45, 7) is 2.90. The molecular weight excluding hydrogens is 259 g/mol. The lowest BCUT2D eigenvalue weighted by Gasteiger charge is -2.39. The van der Waals surface area contributed by atoms with Gasteiger partial charge in [-0.15, -0.1) is 0 Å². The Labute approximate surface area is 109 Å². The zero-order chi connectivity index (χ0) is 13.2. The topological polar surface area (TPSA) is 12.0 Å². The Kier molecular flexibility index (Phi) is 3.92. The van der Waals surface area contributed by atoms with Crippen LogP contribution in [0.5, 0.6) is 0 Å². The fourth-order valence-electron chi connectivity index (χ4n) is 2.01. The van der Waals surface area contributed by atoms with Gasteiger partial charge < -0.3 is 5.32 Å². The van der Waals surface area contributed by atoms with Crippen LogP contribution in [0.25, 0.3) is 0 Å². The summed E-state index contributed by atoms with van der Waals surface area (Å²) in [6.07, 6.45) is 3.61. The van der Waals surface area contributed by atoms with Gasteiger partial charge in [0.2, 0.25) is 0 Å². The molecular formula is C13H16F3NS. The first-order valence-electron chi connectivity index (χ1n) is 5.96. The van der Waals surface area contributed by atoms with E-state index in [9.17, 15) is 13.2 Å². The van der Waals surface area contributed by atoms with E-state index in [2.05, 4.69) is 12.2 Å². The first-order valence-corrected chi connectivity index (χ1v) is 6.78. The quantitative estimate of drug-likeness (QED) is 0.821. The van der Waals surface area contributed by atoms with E-state index in [-0.39, 0.29) is 22.2 Å². The predicted octanol–water partition coefficient (Wildman–Crippen LogP) is 4.33. The van der Waals surface area contributed by atoms with Crippen LogP contribution in [0.1, 0.15) is 31.7 Å². The van der Waals surface area contributed by atoms with E-state index in [1.165, 1.54) is 31.4 Å². The largest absolute Gasteiger partial charge is 0.446 e. The van der Waals surface area contributed by atoms with Crippen molar-refractivity contribution in [2.45, 2.75) is 48.7 Å². The molecule has 0 unspecified atom stereocenters. The van der Waals surface area contributed by atoms with E-state index in [4.69, 9.17) is 0 Å². The van der Waals surface area contributed by atoms with Crippen LogP contribution in [0.3, 0.4) is 0 Å². The molecule has 1 aromatic carbocycles. The van der Waals surface area contributed by atoms with Gasteiger partial charge in [0.1, 0.15) is 0 Å². The monoisotopic (exact) mass is 275 g/mol. The second-order valence-corrected chi connectivity index (χ2v) is 6.10. The fraction of sp³-hybridized carbons (Fsp3) is 0.538. The van der Waals surface area contributed by atoms with Crippen molar-refractivity contribution in [2.24, 2.45) is 0 Å². The average molecular weight is 275 g/mol. The third kappa shape index (κ3) is 3.92. The maximum absolute atomic E-state index is 12.2. The number of hydrogen-bond donors (Lipinski definition) is 1. The SMILES string of the molecule is CC1(NCc2ccc(SC(F)(F)F)cc2)CCC1. The van der Waals surface area contributed by atoms with Gasteiger partial charge in [-0.1, -0.05) is 12.1 Å². The van der Waals surface area contributed by atoms with Crippen molar-refractivity contribution in [2.75, 3.05) is 0 Å². The van der Waals surface area contributed by atoms with E-state index >= 15 is 0 Å².